The zero-order valence-corrected chi connectivity index (χ0v) is 11.2. The highest BCUT2D eigenvalue weighted by atomic mass is 16.5. The van der Waals surface area contributed by atoms with Gasteiger partial charge in [-0.25, -0.2) is 4.98 Å². The van der Waals surface area contributed by atoms with Crippen LogP contribution in [0, 0.1) is 6.92 Å². The third kappa shape index (κ3) is 2.90. The van der Waals surface area contributed by atoms with Crippen molar-refractivity contribution in [1.29, 1.82) is 0 Å². The molecule has 19 heavy (non-hydrogen) atoms. The number of hydrogen-bond acceptors (Lipinski definition) is 5. The van der Waals surface area contributed by atoms with Gasteiger partial charge >= 0.3 is 0 Å². The molecule has 0 unspecified atom stereocenters. The van der Waals surface area contributed by atoms with Crippen LogP contribution in [0.2, 0.25) is 0 Å². The highest BCUT2D eigenvalue weighted by Gasteiger charge is 2.09. The Labute approximate surface area is 111 Å². The standard InChI is InChI=1S/C13H16N4O2/c1-9-4-5-11(10(2)16-18)12(6-9)19-7-13-14-8-15-17(13)3/h4-6,8,18H,7H2,1-3H3. The lowest BCUT2D eigenvalue weighted by molar-refractivity contribution is 0.288. The maximum absolute atomic E-state index is 8.88. The lowest BCUT2D eigenvalue weighted by atomic mass is 10.1. The average molecular weight is 260 g/mol. The number of benzene rings is 1. The van der Waals surface area contributed by atoms with E-state index in [4.69, 9.17) is 9.94 Å². The summed E-state index contributed by atoms with van der Waals surface area (Å²) in [5.74, 6) is 1.39. The van der Waals surface area contributed by atoms with Crippen molar-refractivity contribution in [2.75, 3.05) is 0 Å². The van der Waals surface area contributed by atoms with Crippen LogP contribution in [-0.2, 0) is 13.7 Å². The van der Waals surface area contributed by atoms with Crippen molar-refractivity contribution in [3.05, 3.63) is 41.5 Å². The quantitative estimate of drug-likeness (QED) is 0.517. The highest BCUT2D eigenvalue weighted by molar-refractivity contribution is 6.00. The zero-order valence-electron chi connectivity index (χ0n) is 11.2. The summed E-state index contributed by atoms with van der Waals surface area (Å²) >= 11 is 0. The van der Waals surface area contributed by atoms with Crippen LogP contribution in [-0.4, -0.2) is 25.7 Å². The monoisotopic (exact) mass is 260 g/mol. The van der Waals surface area contributed by atoms with Gasteiger partial charge in [0, 0.05) is 12.6 Å². The minimum Gasteiger partial charge on any atom is -0.485 e. The molecule has 0 spiro atoms. The number of aromatic nitrogens is 3. The molecule has 0 fully saturated rings. The number of ether oxygens (including phenoxy) is 1. The predicted molar refractivity (Wildman–Crippen MR) is 70.5 cm³/mol. The number of rotatable bonds is 4. The average Bonchev–Trinajstić information content (AvgIpc) is 2.81. The Morgan fingerprint density at radius 1 is 1.47 bits per heavy atom. The molecule has 0 amide bonds. The molecule has 0 radical (unpaired) electrons. The topological polar surface area (TPSA) is 72.5 Å². The molecule has 0 bridgehead atoms. The number of aryl methyl sites for hydroxylation is 2. The fourth-order valence-electron chi connectivity index (χ4n) is 1.69. The van der Waals surface area contributed by atoms with Crippen molar-refractivity contribution in [3.8, 4) is 5.75 Å². The van der Waals surface area contributed by atoms with Crippen molar-refractivity contribution >= 4 is 5.71 Å². The van der Waals surface area contributed by atoms with E-state index in [1.165, 1.54) is 6.33 Å². The van der Waals surface area contributed by atoms with Gasteiger partial charge in [0.1, 0.15) is 18.7 Å². The maximum atomic E-state index is 8.88. The third-order valence-electron chi connectivity index (χ3n) is 2.84. The Bertz CT molecular complexity index is 604. The van der Waals surface area contributed by atoms with Gasteiger partial charge in [0.2, 0.25) is 0 Å². The Balaban J connectivity index is 2.24. The van der Waals surface area contributed by atoms with Crippen molar-refractivity contribution < 1.29 is 9.94 Å². The molecular weight excluding hydrogens is 244 g/mol. The van der Waals surface area contributed by atoms with Gasteiger partial charge in [0.15, 0.2) is 5.82 Å². The Morgan fingerprint density at radius 3 is 2.89 bits per heavy atom. The fraction of sp³-hybridized carbons (Fsp3) is 0.308. The molecule has 1 aromatic carbocycles. The summed E-state index contributed by atoms with van der Waals surface area (Å²) < 4.78 is 7.41. The molecule has 6 nitrogen and oxygen atoms in total. The molecule has 1 N–H and O–H groups in total. The molecule has 0 aliphatic heterocycles. The van der Waals surface area contributed by atoms with E-state index in [2.05, 4.69) is 15.2 Å². The predicted octanol–water partition coefficient (Wildman–Crippen LogP) is 1.90. The van der Waals surface area contributed by atoms with Gasteiger partial charge in [-0.15, -0.1) is 0 Å². The zero-order chi connectivity index (χ0) is 13.8. The van der Waals surface area contributed by atoms with E-state index in [1.807, 2.05) is 32.2 Å². The van der Waals surface area contributed by atoms with E-state index in [1.54, 1.807) is 11.6 Å². The van der Waals surface area contributed by atoms with E-state index in [-0.39, 0.29) is 0 Å². The van der Waals surface area contributed by atoms with E-state index in [0.717, 1.165) is 17.0 Å². The molecule has 0 saturated heterocycles. The van der Waals surface area contributed by atoms with Gasteiger partial charge < -0.3 is 9.94 Å². The summed E-state index contributed by atoms with van der Waals surface area (Å²) in [7, 11) is 1.81. The van der Waals surface area contributed by atoms with Crippen LogP contribution in [0.25, 0.3) is 0 Å². The summed E-state index contributed by atoms with van der Waals surface area (Å²) in [5, 5.41) is 16.1. The summed E-state index contributed by atoms with van der Waals surface area (Å²) in [4.78, 5) is 4.10. The molecule has 1 heterocycles. The summed E-state index contributed by atoms with van der Waals surface area (Å²) in [6.45, 7) is 4.01. The van der Waals surface area contributed by atoms with Crippen LogP contribution in [0.3, 0.4) is 0 Å². The number of hydrogen-bond donors (Lipinski definition) is 1. The van der Waals surface area contributed by atoms with Gasteiger partial charge in [-0.05, 0) is 31.5 Å². The molecule has 100 valence electrons. The normalized spacial score (nSPS) is 11.6. The third-order valence-corrected chi connectivity index (χ3v) is 2.84. The van der Waals surface area contributed by atoms with Crippen LogP contribution in [0.15, 0.2) is 29.7 Å². The summed E-state index contributed by atoms with van der Waals surface area (Å²) in [5.41, 5.74) is 2.34. The Kier molecular flexibility index (Phi) is 3.79. The van der Waals surface area contributed by atoms with Gasteiger partial charge in [0.25, 0.3) is 0 Å². The molecular formula is C13H16N4O2. The van der Waals surface area contributed by atoms with Gasteiger partial charge in [0.05, 0.1) is 5.71 Å². The van der Waals surface area contributed by atoms with Gasteiger partial charge in [-0.3, -0.25) is 4.68 Å². The van der Waals surface area contributed by atoms with Crippen molar-refractivity contribution in [2.45, 2.75) is 20.5 Å². The van der Waals surface area contributed by atoms with Crippen LogP contribution in [0.1, 0.15) is 23.9 Å². The molecule has 2 aromatic rings. The SMILES string of the molecule is CC(=NO)c1ccc(C)cc1OCc1ncnn1C. The Morgan fingerprint density at radius 2 is 2.26 bits per heavy atom. The smallest absolute Gasteiger partial charge is 0.164 e. The first-order valence-corrected chi connectivity index (χ1v) is 5.87. The first-order valence-electron chi connectivity index (χ1n) is 5.87. The fourth-order valence-corrected chi connectivity index (χ4v) is 1.69. The number of oxime groups is 1. The minimum atomic E-state index is 0.311. The van der Waals surface area contributed by atoms with E-state index < -0.39 is 0 Å². The second kappa shape index (κ2) is 5.51. The lowest BCUT2D eigenvalue weighted by Crippen LogP contribution is -2.07. The molecule has 1 aromatic heterocycles. The number of nitrogens with zero attached hydrogens (tertiary/aromatic N) is 4. The van der Waals surface area contributed by atoms with Crippen molar-refractivity contribution in [1.82, 2.24) is 14.8 Å². The molecule has 0 atom stereocenters. The molecule has 0 saturated carbocycles. The van der Waals surface area contributed by atoms with Gasteiger partial charge in [-0.1, -0.05) is 11.2 Å². The highest BCUT2D eigenvalue weighted by Crippen LogP contribution is 2.22. The maximum Gasteiger partial charge on any atom is 0.164 e. The Hall–Kier alpha value is -2.37. The first-order chi connectivity index (χ1) is 9.11. The van der Waals surface area contributed by atoms with Crippen LogP contribution in [0.4, 0.5) is 0 Å². The van der Waals surface area contributed by atoms with Gasteiger partial charge in [-0.2, -0.15) is 5.10 Å². The van der Waals surface area contributed by atoms with Crippen LogP contribution >= 0.6 is 0 Å². The van der Waals surface area contributed by atoms with Crippen LogP contribution in [0.5, 0.6) is 5.75 Å². The minimum absolute atomic E-state index is 0.311. The first kappa shape index (κ1) is 13.1. The van der Waals surface area contributed by atoms with Crippen molar-refractivity contribution in [2.24, 2.45) is 12.2 Å². The van der Waals surface area contributed by atoms with E-state index in [9.17, 15) is 0 Å². The largest absolute Gasteiger partial charge is 0.485 e. The summed E-state index contributed by atoms with van der Waals surface area (Å²) in [6, 6.07) is 5.72. The van der Waals surface area contributed by atoms with Crippen molar-refractivity contribution in [3.63, 3.8) is 0 Å². The molecule has 6 heteroatoms. The molecule has 2 rings (SSSR count). The molecule has 0 aliphatic carbocycles. The lowest BCUT2D eigenvalue weighted by Gasteiger charge is -2.11. The molecule has 0 aliphatic rings. The second-order valence-corrected chi connectivity index (χ2v) is 4.27. The summed E-state index contributed by atoms with van der Waals surface area (Å²) in [6.07, 6.45) is 1.48. The van der Waals surface area contributed by atoms with E-state index >= 15 is 0 Å². The van der Waals surface area contributed by atoms with Crippen LogP contribution < -0.4 is 4.74 Å². The second-order valence-electron chi connectivity index (χ2n) is 4.27. The van der Waals surface area contributed by atoms with E-state index in [0.29, 0.717) is 18.1 Å².